The highest BCUT2D eigenvalue weighted by molar-refractivity contribution is 5.89. The molecule has 2 rings (SSSR count). The van der Waals surface area contributed by atoms with Gasteiger partial charge in [0.2, 0.25) is 11.8 Å². The van der Waals surface area contributed by atoms with Crippen molar-refractivity contribution in [3.05, 3.63) is 48.0 Å². The number of carbonyl (C=O) groups is 2. The number of nitrogens with zero attached hydrogens (tertiary/aromatic N) is 1. The third-order valence-corrected chi connectivity index (χ3v) is 3.12. The molecule has 1 radical (unpaired) electrons. The highest BCUT2D eigenvalue weighted by atomic mass is 16.2. The van der Waals surface area contributed by atoms with Gasteiger partial charge in [-0.3, -0.25) is 9.59 Å². The van der Waals surface area contributed by atoms with Crippen LogP contribution < -0.4 is 5.73 Å². The van der Waals surface area contributed by atoms with Crippen LogP contribution in [0, 0.1) is 6.07 Å². The van der Waals surface area contributed by atoms with Crippen molar-refractivity contribution < 1.29 is 9.59 Å². The van der Waals surface area contributed by atoms with E-state index < -0.39 is 11.9 Å². The van der Waals surface area contributed by atoms with Crippen molar-refractivity contribution in [2.75, 3.05) is 6.54 Å². The van der Waals surface area contributed by atoms with Gasteiger partial charge in [-0.15, -0.1) is 6.58 Å². The van der Waals surface area contributed by atoms with Gasteiger partial charge in [0, 0.05) is 13.0 Å². The van der Waals surface area contributed by atoms with Gasteiger partial charge in [-0.25, -0.2) is 0 Å². The molecule has 1 unspecified atom stereocenters. The van der Waals surface area contributed by atoms with E-state index in [1.807, 2.05) is 6.07 Å². The summed E-state index contributed by atoms with van der Waals surface area (Å²) in [4.78, 5) is 25.1. The molecule has 1 atom stereocenters. The SMILES string of the molecule is C=CCC(=O)N1CCc2c[c]ccc2C1C(N)=O. The highest BCUT2D eigenvalue weighted by Gasteiger charge is 2.33. The quantitative estimate of drug-likeness (QED) is 0.804. The Morgan fingerprint density at radius 3 is 3.06 bits per heavy atom. The van der Waals surface area contributed by atoms with Crippen LogP contribution in [0.1, 0.15) is 23.6 Å². The molecule has 0 saturated carbocycles. The fourth-order valence-electron chi connectivity index (χ4n) is 2.31. The molecule has 0 fully saturated rings. The summed E-state index contributed by atoms with van der Waals surface area (Å²) < 4.78 is 0. The molecule has 1 aromatic carbocycles. The summed E-state index contributed by atoms with van der Waals surface area (Å²) in [5.41, 5.74) is 7.28. The normalized spacial score (nSPS) is 18.0. The Balaban J connectivity index is 2.38. The van der Waals surface area contributed by atoms with Crippen LogP contribution >= 0.6 is 0 Å². The van der Waals surface area contributed by atoms with E-state index in [-0.39, 0.29) is 12.3 Å². The van der Waals surface area contributed by atoms with Crippen LogP contribution in [0.25, 0.3) is 0 Å². The van der Waals surface area contributed by atoms with E-state index in [1.54, 1.807) is 12.1 Å². The number of hydrogen-bond donors (Lipinski definition) is 1. The summed E-state index contributed by atoms with van der Waals surface area (Å²) >= 11 is 0. The first kappa shape index (κ1) is 12.4. The van der Waals surface area contributed by atoms with E-state index in [0.29, 0.717) is 6.54 Å². The molecule has 1 heterocycles. The fraction of sp³-hybridized carbons (Fsp3) is 0.286. The first-order chi connectivity index (χ1) is 8.65. The number of carbonyl (C=O) groups excluding carboxylic acids is 2. The van der Waals surface area contributed by atoms with Crippen LogP contribution in [0.4, 0.5) is 0 Å². The molecule has 0 aliphatic carbocycles. The topological polar surface area (TPSA) is 63.4 Å². The van der Waals surface area contributed by atoms with Crippen molar-refractivity contribution >= 4 is 11.8 Å². The van der Waals surface area contributed by atoms with Crippen LogP contribution in [-0.4, -0.2) is 23.3 Å². The predicted octanol–water partition coefficient (Wildman–Crippen LogP) is 0.974. The Bertz CT molecular complexity index is 496. The molecule has 2 amide bonds. The molecular weight excluding hydrogens is 228 g/mol. The van der Waals surface area contributed by atoms with Crippen LogP contribution in [0.5, 0.6) is 0 Å². The molecule has 4 heteroatoms. The monoisotopic (exact) mass is 243 g/mol. The van der Waals surface area contributed by atoms with Gasteiger partial charge in [0.15, 0.2) is 0 Å². The fourth-order valence-corrected chi connectivity index (χ4v) is 2.31. The number of benzene rings is 1. The Kier molecular flexibility index (Phi) is 3.46. The lowest BCUT2D eigenvalue weighted by Crippen LogP contribution is -2.45. The second-order valence-corrected chi connectivity index (χ2v) is 4.26. The Morgan fingerprint density at radius 2 is 2.39 bits per heavy atom. The van der Waals surface area contributed by atoms with E-state index in [2.05, 4.69) is 12.6 Å². The number of amides is 2. The lowest BCUT2D eigenvalue weighted by atomic mass is 9.92. The van der Waals surface area contributed by atoms with Crippen LogP contribution in [0.15, 0.2) is 30.9 Å². The maximum atomic E-state index is 12.0. The zero-order chi connectivity index (χ0) is 13.1. The Labute approximate surface area is 106 Å². The number of fused-ring (bicyclic) bond motifs is 1. The highest BCUT2D eigenvalue weighted by Crippen LogP contribution is 2.29. The van der Waals surface area contributed by atoms with Gasteiger partial charge in [-0.2, -0.15) is 0 Å². The first-order valence-electron chi connectivity index (χ1n) is 5.83. The van der Waals surface area contributed by atoms with E-state index in [4.69, 9.17) is 5.73 Å². The van der Waals surface area contributed by atoms with Crippen LogP contribution in [0.2, 0.25) is 0 Å². The first-order valence-corrected chi connectivity index (χ1v) is 5.83. The molecule has 0 bridgehead atoms. The standard InChI is InChI=1S/C14H15N2O2/c1-2-5-12(17)16-9-8-10-6-3-4-7-11(10)13(16)14(15)18/h2,4,6-7,13H,1,5,8-9H2,(H2,15,18). The van der Waals surface area contributed by atoms with Gasteiger partial charge in [-0.05, 0) is 23.6 Å². The van der Waals surface area contributed by atoms with Gasteiger partial charge >= 0.3 is 0 Å². The molecule has 0 saturated heterocycles. The number of hydrogen-bond acceptors (Lipinski definition) is 2. The van der Waals surface area contributed by atoms with Crippen molar-refractivity contribution in [1.29, 1.82) is 0 Å². The molecule has 1 aromatic rings. The molecule has 0 spiro atoms. The van der Waals surface area contributed by atoms with Crippen molar-refractivity contribution in [2.45, 2.75) is 18.9 Å². The van der Waals surface area contributed by atoms with E-state index in [1.165, 1.54) is 11.0 Å². The second kappa shape index (κ2) is 5.04. The van der Waals surface area contributed by atoms with Crippen molar-refractivity contribution in [1.82, 2.24) is 4.90 Å². The summed E-state index contributed by atoms with van der Waals surface area (Å²) in [5.74, 6) is -0.619. The van der Waals surface area contributed by atoms with Crippen molar-refractivity contribution in [3.8, 4) is 0 Å². The minimum Gasteiger partial charge on any atom is -0.368 e. The summed E-state index contributed by atoms with van der Waals surface area (Å²) in [6, 6.07) is 7.69. The molecule has 93 valence electrons. The minimum atomic E-state index is -0.671. The van der Waals surface area contributed by atoms with Crippen LogP contribution in [0.3, 0.4) is 0 Å². The zero-order valence-electron chi connectivity index (χ0n) is 10.1. The minimum absolute atomic E-state index is 0.118. The number of nitrogens with two attached hydrogens (primary N) is 1. The van der Waals surface area contributed by atoms with Crippen LogP contribution in [-0.2, 0) is 16.0 Å². The van der Waals surface area contributed by atoms with Gasteiger partial charge < -0.3 is 10.6 Å². The molecule has 1 aliphatic heterocycles. The number of primary amides is 1. The van der Waals surface area contributed by atoms with Crippen molar-refractivity contribution in [2.24, 2.45) is 5.73 Å². The van der Waals surface area contributed by atoms with E-state index in [0.717, 1.165) is 17.5 Å². The molecule has 1 aliphatic rings. The van der Waals surface area contributed by atoms with Gasteiger partial charge in [0.25, 0.3) is 0 Å². The van der Waals surface area contributed by atoms with Gasteiger partial charge in [0.1, 0.15) is 6.04 Å². The summed E-state index contributed by atoms with van der Waals surface area (Å²) in [6.45, 7) is 4.05. The zero-order valence-corrected chi connectivity index (χ0v) is 10.1. The van der Waals surface area contributed by atoms with Gasteiger partial charge in [-0.1, -0.05) is 24.3 Å². The lowest BCUT2D eigenvalue weighted by molar-refractivity contribution is -0.139. The smallest absolute Gasteiger partial charge is 0.244 e. The Morgan fingerprint density at radius 1 is 1.61 bits per heavy atom. The average molecular weight is 243 g/mol. The predicted molar refractivity (Wildman–Crippen MR) is 67.4 cm³/mol. The summed E-state index contributed by atoms with van der Waals surface area (Å²) in [6.07, 6.45) is 2.48. The molecular formula is C14H15N2O2. The average Bonchev–Trinajstić information content (AvgIpc) is 2.37. The second-order valence-electron chi connectivity index (χ2n) is 4.26. The lowest BCUT2D eigenvalue weighted by Gasteiger charge is -2.35. The Hall–Kier alpha value is -2.10. The molecule has 18 heavy (non-hydrogen) atoms. The van der Waals surface area contributed by atoms with E-state index in [9.17, 15) is 9.59 Å². The maximum Gasteiger partial charge on any atom is 0.244 e. The maximum absolute atomic E-state index is 12.0. The molecule has 4 nitrogen and oxygen atoms in total. The summed E-state index contributed by atoms with van der Waals surface area (Å²) in [5, 5.41) is 0. The van der Waals surface area contributed by atoms with Crippen molar-refractivity contribution in [3.63, 3.8) is 0 Å². The third-order valence-electron chi connectivity index (χ3n) is 3.12. The van der Waals surface area contributed by atoms with Gasteiger partial charge in [0.05, 0.1) is 0 Å². The molecule has 0 aromatic heterocycles. The number of rotatable bonds is 3. The third kappa shape index (κ3) is 2.14. The van der Waals surface area contributed by atoms with E-state index >= 15 is 0 Å². The summed E-state index contributed by atoms with van der Waals surface area (Å²) in [7, 11) is 0. The molecule has 2 N–H and O–H groups in total. The largest absolute Gasteiger partial charge is 0.368 e.